The summed E-state index contributed by atoms with van der Waals surface area (Å²) in [7, 11) is 0. The van der Waals surface area contributed by atoms with Crippen LogP contribution in [0.4, 0.5) is 4.79 Å². The lowest BCUT2D eigenvalue weighted by Gasteiger charge is -2.33. The highest BCUT2D eigenvalue weighted by Crippen LogP contribution is 2.26. The normalized spacial score (nSPS) is 23.4. The molecule has 3 aliphatic rings. The summed E-state index contributed by atoms with van der Waals surface area (Å²) in [5.74, 6) is -4.19. The predicted molar refractivity (Wildman–Crippen MR) is 289 cm³/mol. The van der Waals surface area contributed by atoms with Crippen LogP contribution in [-0.2, 0) is 59.4 Å². The number of ether oxygens (including phenoxy) is 2. The van der Waals surface area contributed by atoms with Gasteiger partial charge in [0.15, 0.2) is 0 Å². The zero-order chi connectivity index (χ0) is 54.1. The number of allylic oxidation sites excluding steroid dienone is 3. The van der Waals surface area contributed by atoms with E-state index in [1.54, 1.807) is 66.9 Å². The molecule has 77 heavy (non-hydrogen) atoms. The molecule has 2 saturated heterocycles. The van der Waals surface area contributed by atoms with Crippen molar-refractivity contribution >= 4 is 52.4 Å². The summed E-state index contributed by atoms with van der Waals surface area (Å²) >= 11 is 0. The number of H-pyrrole nitrogens is 1. The molecule has 8 rings (SSSR count). The molecule has 0 saturated carbocycles. The maximum Gasteiger partial charge on any atom is 0.407 e. The summed E-state index contributed by atoms with van der Waals surface area (Å²) in [4.78, 5) is 108. The number of aromatic nitrogens is 1. The number of hydrogen-bond donors (Lipinski definition) is 9. The van der Waals surface area contributed by atoms with E-state index in [1.807, 2.05) is 72.8 Å². The standard InChI is InChI=1S/C58H68N10O9/c59-27-13-12-22-46-52(69)64-47(30-38-23-25-42(26-24-38)76-36-39-16-6-2-7-17-39)53(70)66-49(31-37-14-4-1-5-15-37)57(74)68-35-43(77-58(75)61-29-28-60)33-50(68)55(72)67-51(40-18-8-3-9-19-40)56(73)65-48(54(71)63-46)32-41-34-62-45-21-11-10-20-44(41)45/h1-11,14-18,20-21,23-26,34,40,43,46-51,62H,12-13,19,22,27-33,35-36,59-60H2,(H,61,75)(H,63,71)(H,64,69)(H,65,73)(H,66,70)(H,67,72)/t40?,43-,46+,47+,48-,49+,50+,51+/m1/s1. The number of nitrogens with two attached hydrogens (primary N) is 2. The van der Waals surface area contributed by atoms with Crippen molar-refractivity contribution in [3.63, 3.8) is 0 Å². The quantitative estimate of drug-likeness (QED) is 0.0611. The fourth-order valence-corrected chi connectivity index (χ4v) is 9.93. The summed E-state index contributed by atoms with van der Waals surface area (Å²) in [6, 6.07) is 25.5. The smallest absolute Gasteiger partial charge is 0.407 e. The van der Waals surface area contributed by atoms with E-state index in [1.165, 1.54) is 4.90 Å². The second-order valence-electron chi connectivity index (χ2n) is 19.6. The van der Waals surface area contributed by atoms with Crippen molar-refractivity contribution in [2.75, 3.05) is 26.2 Å². The maximum absolute atomic E-state index is 15.3. The number of benzene rings is 4. The van der Waals surface area contributed by atoms with Crippen molar-refractivity contribution in [3.8, 4) is 5.75 Å². The van der Waals surface area contributed by atoms with Crippen LogP contribution in [0.25, 0.3) is 10.9 Å². The summed E-state index contributed by atoms with van der Waals surface area (Å²) < 4.78 is 11.8. The average Bonchev–Trinajstić information content (AvgIpc) is 4.08. The molecule has 2 fully saturated rings. The fourth-order valence-electron chi connectivity index (χ4n) is 9.93. The molecular formula is C58H68N10O9. The van der Waals surface area contributed by atoms with Gasteiger partial charge in [0.1, 0.15) is 54.7 Å². The molecule has 1 unspecified atom stereocenters. The Hall–Kier alpha value is -8.29. The first-order valence-electron chi connectivity index (χ1n) is 26.3. The van der Waals surface area contributed by atoms with Gasteiger partial charge in [-0.25, -0.2) is 4.79 Å². The van der Waals surface area contributed by atoms with Gasteiger partial charge in [-0.1, -0.05) is 115 Å². The number of hydrogen-bond acceptors (Lipinski definition) is 11. The van der Waals surface area contributed by atoms with Crippen molar-refractivity contribution in [3.05, 3.63) is 162 Å². The van der Waals surface area contributed by atoms with Gasteiger partial charge < -0.3 is 62.7 Å². The van der Waals surface area contributed by atoms with Gasteiger partial charge in [0.2, 0.25) is 35.4 Å². The number of unbranched alkanes of at least 4 members (excludes halogenated alkanes) is 1. The van der Waals surface area contributed by atoms with Crippen LogP contribution in [0.2, 0.25) is 0 Å². The molecule has 0 radical (unpaired) electrons. The number of rotatable bonds is 17. The molecule has 19 nitrogen and oxygen atoms in total. The van der Waals surface area contributed by atoms with Gasteiger partial charge in [0.05, 0.1) is 6.54 Å². The minimum atomic E-state index is -1.33. The van der Waals surface area contributed by atoms with Crippen LogP contribution in [0.5, 0.6) is 5.75 Å². The van der Waals surface area contributed by atoms with Crippen LogP contribution in [0.3, 0.4) is 0 Å². The van der Waals surface area contributed by atoms with E-state index in [4.69, 9.17) is 20.9 Å². The minimum absolute atomic E-state index is 0.0190. The predicted octanol–water partition coefficient (Wildman–Crippen LogP) is 3.13. The van der Waals surface area contributed by atoms with Gasteiger partial charge in [-0.05, 0) is 72.7 Å². The Morgan fingerprint density at radius 1 is 0.636 bits per heavy atom. The first kappa shape index (κ1) is 55.0. The molecule has 3 heterocycles. The van der Waals surface area contributed by atoms with Crippen molar-refractivity contribution in [2.45, 2.75) is 100 Å². The fraction of sp³-hybridized carbons (Fsp3) is 0.362. The molecule has 8 atom stereocenters. The molecular weight excluding hydrogens is 981 g/mol. The third kappa shape index (κ3) is 15.0. The van der Waals surface area contributed by atoms with E-state index in [0.29, 0.717) is 54.9 Å². The summed E-state index contributed by atoms with van der Waals surface area (Å²) in [6.07, 6.45) is 8.32. The van der Waals surface area contributed by atoms with Gasteiger partial charge in [-0.15, -0.1) is 0 Å². The molecule has 0 bridgehead atoms. The number of para-hydroxylation sites is 1. The third-order valence-corrected chi connectivity index (χ3v) is 14.0. The van der Waals surface area contributed by atoms with E-state index in [-0.39, 0.29) is 51.7 Å². The van der Waals surface area contributed by atoms with E-state index in [0.717, 1.165) is 16.5 Å². The largest absolute Gasteiger partial charge is 0.489 e. The number of alkyl carbamates (subject to hydrolysis) is 1. The first-order valence-corrected chi connectivity index (χ1v) is 26.3. The Kier molecular flexibility index (Phi) is 19.2. The SMILES string of the molecule is NCCCC[C@@H]1NC(=O)[C@@H](Cc2c[nH]c3ccccc23)NC(=O)[C@H](C2C=CC=CC2)NC(=O)[C@@H]2C[C@@H](OC(=O)NCCN)CN2C(=O)[C@H](Cc2ccccc2)NC(=O)[C@H](Cc2ccc(OCc3ccccc3)cc2)NC1=O. The molecule has 0 spiro atoms. The average molecular weight is 1050 g/mol. The number of amides is 7. The lowest BCUT2D eigenvalue weighted by Crippen LogP contribution is -2.62. The third-order valence-electron chi connectivity index (χ3n) is 14.0. The summed E-state index contributed by atoms with van der Waals surface area (Å²) in [5, 5.41) is 18.0. The molecule has 11 N–H and O–H groups in total. The number of carbonyl (C=O) groups excluding carboxylic acids is 7. The Morgan fingerprint density at radius 3 is 1.99 bits per heavy atom. The van der Waals surface area contributed by atoms with E-state index in [9.17, 15) is 24.0 Å². The zero-order valence-electron chi connectivity index (χ0n) is 42.9. The number of fused-ring (bicyclic) bond motifs is 2. The topological polar surface area (TPSA) is 281 Å². The van der Waals surface area contributed by atoms with Crippen molar-refractivity contribution in [1.82, 2.24) is 41.8 Å². The highest BCUT2D eigenvalue weighted by Gasteiger charge is 2.46. The number of nitrogens with one attached hydrogen (secondary N) is 7. The van der Waals surface area contributed by atoms with Crippen LogP contribution in [0.15, 0.2) is 140 Å². The Balaban J connectivity index is 1.19. The van der Waals surface area contributed by atoms with Crippen LogP contribution in [-0.4, -0.2) is 120 Å². The Bertz CT molecular complexity index is 2900. The van der Waals surface area contributed by atoms with Crippen molar-refractivity contribution in [2.24, 2.45) is 17.4 Å². The van der Waals surface area contributed by atoms with E-state index in [2.05, 4.69) is 36.9 Å². The summed E-state index contributed by atoms with van der Waals surface area (Å²) in [5.41, 5.74) is 15.3. The van der Waals surface area contributed by atoms with Crippen LogP contribution >= 0.6 is 0 Å². The van der Waals surface area contributed by atoms with Gasteiger partial charge >= 0.3 is 6.09 Å². The number of carbonyl (C=O) groups is 7. The molecule has 1 aromatic heterocycles. The molecule has 2 aliphatic heterocycles. The number of aromatic amines is 1. The highest BCUT2D eigenvalue weighted by atomic mass is 16.6. The molecule has 7 amide bonds. The zero-order valence-corrected chi connectivity index (χ0v) is 42.9. The van der Waals surface area contributed by atoms with Crippen molar-refractivity contribution in [1.29, 1.82) is 0 Å². The van der Waals surface area contributed by atoms with Crippen LogP contribution in [0, 0.1) is 5.92 Å². The first-order chi connectivity index (χ1) is 37.5. The van der Waals surface area contributed by atoms with E-state index < -0.39 is 89.8 Å². The van der Waals surface area contributed by atoms with Gasteiger partial charge in [-0.2, -0.15) is 0 Å². The highest BCUT2D eigenvalue weighted by molar-refractivity contribution is 5.99. The second kappa shape index (κ2) is 27.0. The lowest BCUT2D eigenvalue weighted by molar-refractivity contribution is -0.143. The van der Waals surface area contributed by atoms with Crippen LogP contribution < -0.4 is 48.1 Å². The van der Waals surface area contributed by atoms with E-state index >= 15 is 9.59 Å². The molecule has 1 aliphatic carbocycles. The second-order valence-corrected chi connectivity index (χ2v) is 19.6. The van der Waals surface area contributed by atoms with Crippen molar-refractivity contribution < 1.29 is 43.0 Å². The number of nitrogens with zero attached hydrogens (tertiary/aromatic N) is 1. The Labute approximate surface area is 447 Å². The Morgan fingerprint density at radius 2 is 1.27 bits per heavy atom. The van der Waals surface area contributed by atoms with Gasteiger partial charge in [0, 0.05) is 61.8 Å². The van der Waals surface area contributed by atoms with Gasteiger partial charge in [0.25, 0.3) is 0 Å². The monoisotopic (exact) mass is 1050 g/mol. The van der Waals surface area contributed by atoms with Crippen LogP contribution in [0.1, 0.15) is 54.4 Å². The van der Waals surface area contributed by atoms with Gasteiger partial charge in [-0.3, -0.25) is 28.8 Å². The lowest BCUT2D eigenvalue weighted by atomic mass is 9.91. The molecule has 4 aromatic carbocycles. The maximum atomic E-state index is 15.3. The minimum Gasteiger partial charge on any atom is -0.489 e. The molecule has 5 aromatic rings. The summed E-state index contributed by atoms with van der Waals surface area (Å²) in [6.45, 7) is 0.651. The molecule has 404 valence electrons. The molecule has 19 heteroatoms.